The van der Waals surface area contributed by atoms with Crippen molar-refractivity contribution in [3.8, 4) is 0 Å². The highest BCUT2D eigenvalue weighted by Gasteiger charge is 2.67. The van der Waals surface area contributed by atoms with E-state index in [1.165, 1.54) is 22.9 Å². The van der Waals surface area contributed by atoms with Crippen molar-refractivity contribution in [2.75, 3.05) is 0 Å². The van der Waals surface area contributed by atoms with Gasteiger partial charge in [0.05, 0.1) is 18.0 Å². The summed E-state index contributed by atoms with van der Waals surface area (Å²) in [6.07, 6.45) is 5.32. The number of aryl methyl sites for hydroxylation is 1. The minimum atomic E-state index is -0.156. The Morgan fingerprint density at radius 2 is 2.04 bits per heavy atom. The van der Waals surface area contributed by atoms with Crippen molar-refractivity contribution in [1.29, 1.82) is 0 Å². The zero-order valence-electron chi connectivity index (χ0n) is 15.0. The Balaban J connectivity index is 1.41. The van der Waals surface area contributed by atoms with E-state index in [1.807, 2.05) is 6.26 Å². The van der Waals surface area contributed by atoms with E-state index in [4.69, 9.17) is 13.7 Å². The molecule has 3 unspecified atom stereocenters. The van der Waals surface area contributed by atoms with Crippen LogP contribution in [-0.4, -0.2) is 18.8 Å². The quantitative estimate of drug-likeness (QED) is 0.760. The second-order valence-corrected chi connectivity index (χ2v) is 8.81. The normalized spacial score (nSPS) is 36.7. The van der Waals surface area contributed by atoms with Crippen LogP contribution in [0, 0.1) is 24.2 Å². The van der Waals surface area contributed by atoms with Crippen molar-refractivity contribution in [3.05, 3.63) is 35.6 Å². The first-order valence-electron chi connectivity index (χ1n) is 9.18. The molecule has 0 amide bonds. The van der Waals surface area contributed by atoms with Crippen molar-refractivity contribution >= 4 is 18.1 Å². The predicted octanol–water partition coefficient (Wildman–Crippen LogP) is 4.55. The maximum atomic E-state index is 6.53. The first kappa shape index (κ1) is 15.0. The molecule has 3 nitrogen and oxygen atoms in total. The topological polar surface area (TPSA) is 31.6 Å². The molecule has 0 N–H and O–H groups in total. The van der Waals surface area contributed by atoms with Crippen LogP contribution >= 0.6 is 0 Å². The van der Waals surface area contributed by atoms with E-state index in [-0.39, 0.29) is 18.8 Å². The van der Waals surface area contributed by atoms with Crippen LogP contribution in [0.4, 0.5) is 0 Å². The third kappa shape index (κ3) is 1.82. The van der Waals surface area contributed by atoms with Crippen molar-refractivity contribution < 1.29 is 13.7 Å². The van der Waals surface area contributed by atoms with E-state index in [9.17, 15) is 0 Å². The molecule has 4 heteroatoms. The van der Waals surface area contributed by atoms with Gasteiger partial charge in [0.15, 0.2) is 0 Å². The largest absolute Gasteiger partial charge is 0.464 e. The fourth-order valence-electron chi connectivity index (χ4n) is 5.63. The summed E-state index contributed by atoms with van der Waals surface area (Å²) in [7, 11) is -0.156. The van der Waals surface area contributed by atoms with Gasteiger partial charge in [-0.15, -0.1) is 0 Å². The van der Waals surface area contributed by atoms with Crippen LogP contribution in [0.1, 0.15) is 44.7 Å². The smallest absolute Gasteiger partial charge is 0.462 e. The summed E-state index contributed by atoms with van der Waals surface area (Å²) in [6.45, 7) is 9.16. The Morgan fingerprint density at radius 3 is 2.83 bits per heavy atom. The Kier molecular flexibility index (Phi) is 2.93. The monoisotopic (exact) mass is 324 g/mol. The zero-order valence-corrected chi connectivity index (χ0v) is 15.0. The van der Waals surface area contributed by atoms with Gasteiger partial charge in [-0.2, -0.15) is 0 Å². The highest BCUT2D eigenvalue weighted by molar-refractivity contribution is 6.45. The molecule has 24 heavy (non-hydrogen) atoms. The molecule has 1 saturated heterocycles. The van der Waals surface area contributed by atoms with Gasteiger partial charge < -0.3 is 13.7 Å². The van der Waals surface area contributed by atoms with E-state index in [2.05, 4.69) is 45.9 Å². The molecule has 3 saturated carbocycles. The fourth-order valence-corrected chi connectivity index (χ4v) is 5.63. The minimum absolute atomic E-state index is 0.127. The van der Waals surface area contributed by atoms with E-state index >= 15 is 0 Å². The maximum Gasteiger partial charge on any atom is 0.462 e. The van der Waals surface area contributed by atoms with Gasteiger partial charge in [-0.1, -0.05) is 32.0 Å². The van der Waals surface area contributed by atoms with E-state index in [0.717, 1.165) is 24.2 Å². The van der Waals surface area contributed by atoms with Crippen LogP contribution in [0.2, 0.25) is 0 Å². The van der Waals surface area contributed by atoms with Crippen molar-refractivity contribution in [2.45, 2.75) is 58.6 Å². The number of para-hydroxylation sites is 1. The summed E-state index contributed by atoms with van der Waals surface area (Å²) in [6, 6.07) is 6.31. The molecule has 4 fully saturated rings. The standard InChI is InChI=1S/C20H25BO3/c1-12-6-5-7-15-13(11-22-18(12)15)10-21-23-17-9-14-8-16(19(14,2)3)20(17,4)24-21/h5-7,11,14,16-17H,8-10H2,1-4H3/t14?,16?,17?,20-/m0/s1. The van der Waals surface area contributed by atoms with Gasteiger partial charge in [0, 0.05) is 11.7 Å². The Morgan fingerprint density at radius 1 is 1.21 bits per heavy atom. The number of hydrogen-bond donors (Lipinski definition) is 0. The van der Waals surface area contributed by atoms with Crippen molar-refractivity contribution in [3.63, 3.8) is 0 Å². The van der Waals surface area contributed by atoms with Gasteiger partial charge in [0.25, 0.3) is 0 Å². The molecule has 1 aliphatic heterocycles. The molecule has 2 bridgehead atoms. The molecular weight excluding hydrogens is 299 g/mol. The first-order chi connectivity index (χ1) is 11.4. The molecule has 1 aromatic carbocycles. The molecular formula is C20H25BO3. The van der Waals surface area contributed by atoms with Crippen LogP contribution in [0.3, 0.4) is 0 Å². The zero-order chi connectivity index (χ0) is 16.7. The molecule has 2 aromatic rings. The molecule has 2 heterocycles. The highest BCUT2D eigenvalue weighted by Crippen LogP contribution is 2.65. The SMILES string of the molecule is Cc1cccc2c(CB3OC4CC5CC(C5(C)C)[C@]4(C)O3)coc12. The average Bonchev–Trinajstić information content (AvgIpc) is 3.08. The van der Waals surface area contributed by atoms with Gasteiger partial charge in [-0.3, -0.25) is 0 Å². The van der Waals surface area contributed by atoms with E-state index < -0.39 is 0 Å². The molecule has 0 spiro atoms. The second kappa shape index (κ2) is 4.67. The van der Waals surface area contributed by atoms with Gasteiger partial charge in [0.2, 0.25) is 0 Å². The van der Waals surface area contributed by atoms with Crippen LogP contribution in [-0.2, 0) is 15.6 Å². The minimum Gasteiger partial charge on any atom is -0.464 e. The highest BCUT2D eigenvalue weighted by atomic mass is 16.7. The molecule has 126 valence electrons. The third-order valence-electron chi connectivity index (χ3n) is 7.27. The second-order valence-electron chi connectivity index (χ2n) is 8.81. The van der Waals surface area contributed by atoms with Crippen molar-refractivity contribution in [2.24, 2.45) is 17.3 Å². The van der Waals surface area contributed by atoms with E-state index in [1.54, 1.807) is 0 Å². The number of fused-ring (bicyclic) bond motifs is 1. The first-order valence-corrected chi connectivity index (χ1v) is 9.18. The summed E-state index contributed by atoms with van der Waals surface area (Å²) < 4.78 is 18.7. The fraction of sp³-hybridized carbons (Fsp3) is 0.600. The lowest BCUT2D eigenvalue weighted by molar-refractivity contribution is -0.199. The summed E-state index contributed by atoms with van der Waals surface area (Å²) in [5.74, 6) is 1.41. The summed E-state index contributed by atoms with van der Waals surface area (Å²) in [5.41, 5.74) is 3.61. The van der Waals surface area contributed by atoms with Gasteiger partial charge in [0.1, 0.15) is 5.58 Å². The summed E-state index contributed by atoms with van der Waals surface area (Å²) >= 11 is 0. The molecule has 1 aromatic heterocycles. The molecule has 4 atom stereocenters. The summed E-state index contributed by atoms with van der Waals surface area (Å²) in [4.78, 5) is 0. The number of rotatable bonds is 2. The maximum absolute atomic E-state index is 6.53. The molecule has 0 radical (unpaired) electrons. The molecule has 6 rings (SSSR count). The number of hydrogen-bond acceptors (Lipinski definition) is 3. The number of benzene rings is 1. The van der Waals surface area contributed by atoms with Crippen LogP contribution < -0.4 is 0 Å². The number of furan rings is 1. The van der Waals surface area contributed by atoms with Gasteiger partial charge >= 0.3 is 7.12 Å². The van der Waals surface area contributed by atoms with Gasteiger partial charge in [-0.25, -0.2) is 0 Å². The lowest BCUT2D eigenvalue weighted by Crippen LogP contribution is -2.65. The third-order valence-corrected chi connectivity index (χ3v) is 7.27. The lowest BCUT2D eigenvalue weighted by atomic mass is 9.43. The van der Waals surface area contributed by atoms with Crippen LogP contribution in [0.25, 0.3) is 11.0 Å². The van der Waals surface area contributed by atoms with Gasteiger partial charge in [-0.05, 0) is 55.1 Å². The van der Waals surface area contributed by atoms with Crippen molar-refractivity contribution in [1.82, 2.24) is 0 Å². The Hall–Kier alpha value is -1.26. The van der Waals surface area contributed by atoms with Crippen LogP contribution in [0.15, 0.2) is 28.9 Å². The Bertz CT molecular complexity index is 810. The lowest BCUT2D eigenvalue weighted by Gasteiger charge is -2.64. The van der Waals surface area contributed by atoms with E-state index in [0.29, 0.717) is 11.3 Å². The average molecular weight is 324 g/mol. The molecule has 4 aliphatic rings. The molecule has 3 aliphatic carbocycles. The summed E-state index contributed by atoms with van der Waals surface area (Å²) in [5, 5.41) is 1.19. The predicted molar refractivity (Wildman–Crippen MR) is 94.8 cm³/mol. The van der Waals surface area contributed by atoms with Crippen LogP contribution in [0.5, 0.6) is 0 Å². The Labute approximate surface area is 143 Å².